The van der Waals surface area contributed by atoms with E-state index in [-0.39, 0.29) is 29.1 Å². The van der Waals surface area contributed by atoms with Gasteiger partial charge in [-0.25, -0.2) is 0 Å². The molecule has 0 bridgehead atoms. The fourth-order valence-electron chi connectivity index (χ4n) is 4.74. The van der Waals surface area contributed by atoms with Gasteiger partial charge in [0.05, 0.1) is 0 Å². The third-order valence-electron chi connectivity index (χ3n) is 6.25. The zero-order valence-electron chi connectivity index (χ0n) is 17.2. The van der Waals surface area contributed by atoms with Gasteiger partial charge in [0.1, 0.15) is 17.5 Å². The normalized spacial score (nSPS) is 26.6. The van der Waals surface area contributed by atoms with Gasteiger partial charge < -0.3 is 15.5 Å². The molecule has 156 valence electrons. The third kappa shape index (κ3) is 3.65. The summed E-state index contributed by atoms with van der Waals surface area (Å²) in [4.78, 5) is 40.5. The van der Waals surface area contributed by atoms with E-state index in [9.17, 15) is 14.4 Å². The minimum Gasteiger partial charge on any atom is -0.352 e. The van der Waals surface area contributed by atoms with E-state index in [0.29, 0.717) is 5.56 Å². The van der Waals surface area contributed by atoms with Crippen LogP contribution in [-0.2, 0) is 9.59 Å². The van der Waals surface area contributed by atoms with E-state index in [1.807, 2.05) is 38.1 Å². The van der Waals surface area contributed by atoms with Gasteiger partial charge in [-0.2, -0.15) is 0 Å². The summed E-state index contributed by atoms with van der Waals surface area (Å²) in [6.07, 6.45) is 5.50. The van der Waals surface area contributed by atoms with Crippen molar-refractivity contribution in [2.45, 2.75) is 81.1 Å². The van der Waals surface area contributed by atoms with Gasteiger partial charge in [0, 0.05) is 16.4 Å². The van der Waals surface area contributed by atoms with Crippen molar-refractivity contribution >= 4 is 29.5 Å². The molecule has 1 saturated carbocycles. The van der Waals surface area contributed by atoms with Gasteiger partial charge >= 0.3 is 0 Å². The Morgan fingerprint density at radius 2 is 1.86 bits per heavy atom. The highest BCUT2D eigenvalue weighted by Gasteiger charge is 2.57. The zero-order chi connectivity index (χ0) is 20.8. The summed E-state index contributed by atoms with van der Waals surface area (Å²) in [5.41, 5.74) is 1.63. The van der Waals surface area contributed by atoms with Crippen LogP contribution in [0.2, 0.25) is 0 Å². The minimum absolute atomic E-state index is 0.108. The molecule has 4 rings (SSSR count). The number of nitrogens with zero attached hydrogens (tertiary/aromatic N) is 1. The molecule has 1 saturated heterocycles. The molecule has 1 aliphatic carbocycles. The third-order valence-corrected chi connectivity index (χ3v) is 7.78. The van der Waals surface area contributed by atoms with Crippen LogP contribution in [0.1, 0.15) is 74.2 Å². The number of nitrogens with one attached hydrogen (secondary N) is 2. The van der Waals surface area contributed by atoms with Crippen molar-refractivity contribution in [1.82, 2.24) is 15.5 Å². The van der Waals surface area contributed by atoms with Crippen molar-refractivity contribution in [2.24, 2.45) is 0 Å². The summed E-state index contributed by atoms with van der Waals surface area (Å²) in [5, 5.41) is 5.78. The standard InChI is InChI=1S/C22H29N3O3S/c1-13(18(26)24-14-9-5-4-6-10-14)23-19(27)17-22(2,3)29-21-16-12-8-7-11-15(16)20(28)25(17)21/h7-8,11-14,17,21H,4-6,9-10H2,1-3H3,(H,23,27)(H,24,26). The van der Waals surface area contributed by atoms with Crippen LogP contribution in [0.15, 0.2) is 24.3 Å². The molecule has 2 aliphatic heterocycles. The molecule has 0 radical (unpaired) electrons. The van der Waals surface area contributed by atoms with Crippen molar-refractivity contribution in [3.63, 3.8) is 0 Å². The largest absolute Gasteiger partial charge is 0.352 e. The van der Waals surface area contributed by atoms with Crippen molar-refractivity contribution < 1.29 is 14.4 Å². The van der Waals surface area contributed by atoms with Crippen molar-refractivity contribution in [1.29, 1.82) is 0 Å². The molecule has 2 heterocycles. The van der Waals surface area contributed by atoms with Crippen LogP contribution in [0.4, 0.5) is 0 Å². The number of thioether (sulfide) groups is 1. The van der Waals surface area contributed by atoms with E-state index in [0.717, 1.165) is 31.2 Å². The predicted molar refractivity (Wildman–Crippen MR) is 113 cm³/mol. The number of carbonyl (C=O) groups is 3. The van der Waals surface area contributed by atoms with Crippen LogP contribution in [0.25, 0.3) is 0 Å². The summed E-state index contributed by atoms with van der Waals surface area (Å²) in [6.45, 7) is 5.69. The molecule has 1 aromatic rings. The number of amides is 3. The molecule has 3 unspecified atom stereocenters. The van der Waals surface area contributed by atoms with Gasteiger partial charge in [-0.3, -0.25) is 14.4 Å². The Labute approximate surface area is 176 Å². The van der Waals surface area contributed by atoms with E-state index < -0.39 is 16.8 Å². The van der Waals surface area contributed by atoms with Crippen molar-refractivity contribution in [2.75, 3.05) is 0 Å². The highest BCUT2D eigenvalue weighted by molar-refractivity contribution is 8.01. The first-order valence-corrected chi connectivity index (χ1v) is 11.4. The number of rotatable bonds is 4. The smallest absolute Gasteiger partial charge is 0.256 e. The fourth-order valence-corrected chi connectivity index (χ4v) is 6.32. The topological polar surface area (TPSA) is 78.5 Å². The molecule has 3 atom stereocenters. The average Bonchev–Trinajstić information content (AvgIpc) is 3.12. The Balaban J connectivity index is 1.46. The van der Waals surface area contributed by atoms with Crippen molar-refractivity contribution in [3.8, 4) is 0 Å². The lowest BCUT2D eigenvalue weighted by molar-refractivity contribution is -0.131. The monoisotopic (exact) mass is 415 g/mol. The average molecular weight is 416 g/mol. The first-order valence-electron chi connectivity index (χ1n) is 10.5. The van der Waals surface area contributed by atoms with Gasteiger partial charge in [-0.05, 0) is 45.2 Å². The van der Waals surface area contributed by atoms with E-state index in [1.54, 1.807) is 23.6 Å². The SMILES string of the molecule is CC(NC(=O)C1N2C(=O)c3ccccc3C2SC1(C)C)C(=O)NC1CCCCC1. The molecule has 0 spiro atoms. The highest BCUT2D eigenvalue weighted by atomic mass is 32.2. The summed E-state index contributed by atoms with van der Waals surface area (Å²) < 4.78 is -0.447. The number of fused-ring (bicyclic) bond motifs is 3. The summed E-state index contributed by atoms with van der Waals surface area (Å²) in [7, 11) is 0. The number of carbonyl (C=O) groups excluding carboxylic acids is 3. The molecule has 2 N–H and O–H groups in total. The van der Waals surface area contributed by atoms with Gasteiger partial charge in [0.15, 0.2) is 0 Å². The van der Waals surface area contributed by atoms with E-state index >= 15 is 0 Å². The Bertz CT molecular complexity index is 834. The van der Waals surface area contributed by atoms with E-state index in [4.69, 9.17) is 0 Å². The van der Waals surface area contributed by atoms with Crippen LogP contribution in [0.5, 0.6) is 0 Å². The van der Waals surface area contributed by atoms with Crippen LogP contribution in [-0.4, -0.2) is 45.5 Å². The molecular formula is C22H29N3O3S. The molecule has 1 aromatic carbocycles. The Morgan fingerprint density at radius 1 is 1.17 bits per heavy atom. The Kier molecular flexibility index (Phi) is 5.36. The number of hydrogen-bond acceptors (Lipinski definition) is 4. The fraction of sp³-hybridized carbons (Fsp3) is 0.591. The summed E-state index contributed by atoms with van der Waals surface area (Å²) >= 11 is 1.63. The lowest BCUT2D eigenvalue weighted by atomic mass is 9.95. The molecule has 3 amide bonds. The second-order valence-corrected chi connectivity index (χ2v) is 10.6. The Morgan fingerprint density at radius 3 is 2.59 bits per heavy atom. The molecular weight excluding hydrogens is 386 g/mol. The lowest BCUT2D eigenvalue weighted by Gasteiger charge is -2.31. The lowest BCUT2D eigenvalue weighted by Crippen LogP contribution is -2.57. The molecule has 0 aromatic heterocycles. The first kappa shape index (κ1) is 20.3. The first-order chi connectivity index (χ1) is 13.8. The van der Waals surface area contributed by atoms with Crippen LogP contribution >= 0.6 is 11.8 Å². The van der Waals surface area contributed by atoms with E-state index in [1.165, 1.54) is 6.42 Å². The maximum atomic E-state index is 13.2. The second kappa shape index (κ2) is 7.67. The molecule has 7 heteroatoms. The zero-order valence-corrected chi connectivity index (χ0v) is 18.1. The molecule has 3 aliphatic rings. The van der Waals surface area contributed by atoms with Gasteiger partial charge in [-0.1, -0.05) is 37.5 Å². The number of hydrogen-bond donors (Lipinski definition) is 2. The Hall–Kier alpha value is -2.02. The highest BCUT2D eigenvalue weighted by Crippen LogP contribution is 2.56. The van der Waals surface area contributed by atoms with Crippen LogP contribution in [0, 0.1) is 0 Å². The van der Waals surface area contributed by atoms with Gasteiger partial charge in [0.2, 0.25) is 11.8 Å². The van der Waals surface area contributed by atoms with Gasteiger partial charge in [-0.15, -0.1) is 11.8 Å². The maximum absolute atomic E-state index is 13.2. The van der Waals surface area contributed by atoms with E-state index in [2.05, 4.69) is 10.6 Å². The quantitative estimate of drug-likeness (QED) is 0.792. The molecule has 6 nitrogen and oxygen atoms in total. The predicted octanol–water partition coefficient (Wildman–Crippen LogP) is 2.99. The number of benzene rings is 1. The molecule has 2 fully saturated rings. The maximum Gasteiger partial charge on any atom is 0.256 e. The van der Waals surface area contributed by atoms with Crippen LogP contribution in [0.3, 0.4) is 0 Å². The summed E-state index contributed by atoms with van der Waals surface area (Å²) in [5.74, 6) is -0.526. The molecule has 29 heavy (non-hydrogen) atoms. The van der Waals surface area contributed by atoms with Crippen LogP contribution < -0.4 is 10.6 Å². The van der Waals surface area contributed by atoms with Crippen molar-refractivity contribution in [3.05, 3.63) is 35.4 Å². The summed E-state index contributed by atoms with van der Waals surface area (Å²) in [6, 6.07) is 6.50. The minimum atomic E-state index is -0.635. The second-order valence-electron chi connectivity index (χ2n) is 8.85. The van der Waals surface area contributed by atoms with Gasteiger partial charge in [0.25, 0.3) is 5.91 Å².